The molecule has 0 heterocycles. The van der Waals surface area contributed by atoms with Crippen LogP contribution in [0.15, 0.2) is 48.5 Å². The first-order valence-corrected chi connectivity index (χ1v) is 8.65. The molecule has 26 heavy (non-hydrogen) atoms. The molecule has 0 bridgehead atoms. The molecule has 3 N–H and O–H groups in total. The van der Waals surface area contributed by atoms with Gasteiger partial charge >= 0.3 is 6.09 Å². The smallest absolute Gasteiger partial charge is 0.408 e. The van der Waals surface area contributed by atoms with Crippen LogP contribution < -0.4 is 15.8 Å². The normalized spacial score (nSPS) is 11.7. The van der Waals surface area contributed by atoms with Crippen molar-refractivity contribution in [3.05, 3.63) is 59.7 Å². The Kier molecular flexibility index (Phi) is 5.80. The van der Waals surface area contributed by atoms with Crippen LogP contribution in [0.5, 0.6) is 5.75 Å². The maximum Gasteiger partial charge on any atom is 0.408 e. The lowest BCUT2D eigenvalue weighted by Gasteiger charge is -2.30. The number of hydrogen-bond donors (Lipinski definition) is 2. The highest BCUT2D eigenvalue weighted by molar-refractivity contribution is 5.69. The van der Waals surface area contributed by atoms with Gasteiger partial charge in [-0.2, -0.15) is 0 Å². The first kappa shape index (κ1) is 19.6. The average Bonchev–Trinajstić information content (AvgIpc) is 2.51. The topological polar surface area (TPSA) is 73.6 Å². The molecule has 0 aliphatic rings. The molecule has 140 valence electrons. The van der Waals surface area contributed by atoms with Crippen molar-refractivity contribution in [1.82, 2.24) is 5.32 Å². The van der Waals surface area contributed by atoms with E-state index < -0.39 is 17.2 Å². The summed E-state index contributed by atoms with van der Waals surface area (Å²) in [6.45, 7) is 9.73. The summed E-state index contributed by atoms with van der Waals surface area (Å²) in [7, 11) is 0. The van der Waals surface area contributed by atoms with Crippen molar-refractivity contribution in [2.24, 2.45) is 0 Å². The second kappa shape index (κ2) is 7.68. The van der Waals surface area contributed by atoms with Crippen molar-refractivity contribution >= 4 is 11.8 Å². The number of carbonyl (C=O) groups excluding carboxylic acids is 1. The summed E-state index contributed by atoms with van der Waals surface area (Å²) in [5.41, 5.74) is 7.16. The van der Waals surface area contributed by atoms with E-state index in [1.807, 2.05) is 83.1 Å². The fourth-order valence-corrected chi connectivity index (χ4v) is 2.58. The van der Waals surface area contributed by atoms with Crippen LogP contribution in [-0.2, 0) is 16.9 Å². The van der Waals surface area contributed by atoms with Crippen LogP contribution in [0.4, 0.5) is 10.5 Å². The number of carbonyl (C=O) groups is 1. The van der Waals surface area contributed by atoms with Crippen molar-refractivity contribution in [2.75, 3.05) is 5.73 Å². The number of nitrogens with two attached hydrogens (primary N) is 1. The molecule has 0 unspecified atom stereocenters. The Balaban J connectivity index is 2.15. The quantitative estimate of drug-likeness (QED) is 0.768. The van der Waals surface area contributed by atoms with Gasteiger partial charge in [-0.3, -0.25) is 0 Å². The summed E-state index contributed by atoms with van der Waals surface area (Å²) < 4.78 is 11.4. The van der Waals surface area contributed by atoms with Gasteiger partial charge in [0.25, 0.3) is 0 Å². The third-order valence-corrected chi connectivity index (χ3v) is 3.72. The van der Waals surface area contributed by atoms with Crippen molar-refractivity contribution in [1.29, 1.82) is 0 Å². The van der Waals surface area contributed by atoms with Crippen molar-refractivity contribution < 1.29 is 14.3 Å². The second-order valence-corrected chi connectivity index (χ2v) is 7.78. The SMILES string of the molecule is CC(C)(C)OC(=O)NC(C)(C)c1ccccc1OCc1cccc(N)c1. The summed E-state index contributed by atoms with van der Waals surface area (Å²) in [5, 5.41) is 2.92. The number of alkyl carbamates (subject to hydrolysis) is 1. The summed E-state index contributed by atoms with van der Waals surface area (Å²) >= 11 is 0. The van der Waals surface area contributed by atoms with Gasteiger partial charge in [0, 0.05) is 11.3 Å². The van der Waals surface area contributed by atoms with Crippen LogP contribution >= 0.6 is 0 Å². The number of anilines is 1. The number of hydrogen-bond acceptors (Lipinski definition) is 4. The molecule has 0 aliphatic carbocycles. The molecule has 0 saturated carbocycles. The Labute approximate surface area is 155 Å². The van der Waals surface area contributed by atoms with E-state index in [-0.39, 0.29) is 0 Å². The van der Waals surface area contributed by atoms with E-state index in [1.54, 1.807) is 0 Å². The standard InChI is InChI=1S/C21H28N2O3/c1-20(2,3)26-19(24)23-21(4,5)17-11-6-7-12-18(17)25-14-15-9-8-10-16(22)13-15/h6-13H,14,22H2,1-5H3,(H,23,24). The van der Waals surface area contributed by atoms with Gasteiger partial charge in [0.15, 0.2) is 0 Å². The van der Waals surface area contributed by atoms with Crippen LogP contribution in [0.25, 0.3) is 0 Å². The molecule has 0 fully saturated rings. The molecule has 0 aliphatic heterocycles. The molecule has 2 aromatic rings. The average molecular weight is 356 g/mol. The number of nitrogen functional groups attached to an aromatic ring is 1. The zero-order valence-corrected chi connectivity index (χ0v) is 16.1. The highest BCUT2D eigenvalue weighted by Gasteiger charge is 2.28. The lowest BCUT2D eigenvalue weighted by molar-refractivity contribution is 0.0469. The predicted octanol–water partition coefficient (Wildman–Crippen LogP) is 4.61. The summed E-state index contributed by atoms with van der Waals surface area (Å²) in [5.74, 6) is 0.705. The summed E-state index contributed by atoms with van der Waals surface area (Å²) in [6.07, 6.45) is -0.465. The van der Waals surface area contributed by atoms with Gasteiger partial charge < -0.3 is 20.5 Å². The van der Waals surface area contributed by atoms with Crippen LogP contribution in [-0.4, -0.2) is 11.7 Å². The molecule has 0 atom stereocenters. The second-order valence-electron chi connectivity index (χ2n) is 7.78. The van der Waals surface area contributed by atoms with Gasteiger partial charge in [0.1, 0.15) is 18.0 Å². The molecule has 2 rings (SSSR count). The van der Waals surface area contributed by atoms with Crippen LogP contribution in [0.3, 0.4) is 0 Å². The molecular formula is C21H28N2O3. The van der Waals surface area contributed by atoms with Crippen LogP contribution in [0.2, 0.25) is 0 Å². The van der Waals surface area contributed by atoms with Crippen molar-refractivity contribution in [2.45, 2.75) is 52.4 Å². The minimum Gasteiger partial charge on any atom is -0.489 e. The zero-order valence-electron chi connectivity index (χ0n) is 16.1. The molecule has 5 heteroatoms. The van der Waals surface area contributed by atoms with Gasteiger partial charge in [-0.1, -0.05) is 30.3 Å². The Hall–Kier alpha value is -2.69. The van der Waals surface area contributed by atoms with Crippen LogP contribution in [0, 0.1) is 0 Å². The Morgan fingerprint density at radius 1 is 1.04 bits per heavy atom. The third kappa shape index (κ3) is 5.69. The fraction of sp³-hybridized carbons (Fsp3) is 0.381. The summed E-state index contributed by atoms with van der Waals surface area (Å²) in [4.78, 5) is 12.2. The first-order valence-electron chi connectivity index (χ1n) is 8.65. The number of amides is 1. The van der Waals surface area contributed by atoms with Gasteiger partial charge in [0.2, 0.25) is 0 Å². The van der Waals surface area contributed by atoms with Gasteiger partial charge in [-0.25, -0.2) is 4.79 Å². The van der Waals surface area contributed by atoms with E-state index in [4.69, 9.17) is 15.2 Å². The third-order valence-electron chi connectivity index (χ3n) is 3.72. The minimum absolute atomic E-state index is 0.393. The molecule has 0 saturated heterocycles. The molecule has 0 spiro atoms. The van der Waals surface area contributed by atoms with E-state index >= 15 is 0 Å². The summed E-state index contributed by atoms with van der Waals surface area (Å²) in [6, 6.07) is 15.2. The number of rotatable bonds is 5. The van der Waals surface area contributed by atoms with Crippen molar-refractivity contribution in [3.63, 3.8) is 0 Å². The number of nitrogens with one attached hydrogen (secondary N) is 1. The van der Waals surface area contributed by atoms with Gasteiger partial charge in [-0.05, 0) is 58.4 Å². The van der Waals surface area contributed by atoms with E-state index in [1.165, 1.54) is 0 Å². The van der Waals surface area contributed by atoms with E-state index in [0.29, 0.717) is 18.0 Å². The van der Waals surface area contributed by atoms with E-state index in [2.05, 4.69) is 5.32 Å². The minimum atomic E-state index is -0.658. The molecule has 1 amide bonds. The van der Waals surface area contributed by atoms with Gasteiger partial charge in [-0.15, -0.1) is 0 Å². The monoisotopic (exact) mass is 356 g/mol. The largest absolute Gasteiger partial charge is 0.489 e. The van der Waals surface area contributed by atoms with Crippen LogP contribution in [0.1, 0.15) is 45.7 Å². The maximum atomic E-state index is 12.2. The molecule has 0 aromatic heterocycles. The Bertz CT molecular complexity index is 764. The van der Waals surface area contributed by atoms with E-state index in [0.717, 1.165) is 11.1 Å². The fourth-order valence-electron chi connectivity index (χ4n) is 2.58. The molecule has 2 aromatic carbocycles. The van der Waals surface area contributed by atoms with Gasteiger partial charge in [0.05, 0.1) is 5.54 Å². The molecular weight excluding hydrogens is 328 g/mol. The Morgan fingerprint density at radius 2 is 1.73 bits per heavy atom. The molecule has 0 radical (unpaired) electrons. The lowest BCUT2D eigenvalue weighted by atomic mass is 9.93. The Morgan fingerprint density at radius 3 is 2.38 bits per heavy atom. The molecule has 5 nitrogen and oxygen atoms in total. The number of ether oxygens (including phenoxy) is 2. The zero-order chi connectivity index (χ0) is 19.4. The van der Waals surface area contributed by atoms with Crippen molar-refractivity contribution in [3.8, 4) is 5.75 Å². The lowest BCUT2D eigenvalue weighted by Crippen LogP contribution is -2.44. The first-order chi connectivity index (χ1) is 12.1. The van der Waals surface area contributed by atoms with E-state index in [9.17, 15) is 4.79 Å². The number of benzene rings is 2. The number of para-hydroxylation sites is 1. The highest BCUT2D eigenvalue weighted by Crippen LogP contribution is 2.30. The highest BCUT2D eigenvalue weighted by atomic mass is 16.6. The maximum absolute atomic E-state index is 12.2. The predicted molar refractivity (Wildman–Crippen MR) is 104 cm³/mol.